The number of methoxy groups -OCH3 is 2. The van der Waals surface area contributed by atoms with Gasteiger partial charge in [-0.05, 0) is 45.2 Å². The number of aldehydes is 2. The summed E-state index contributed by atoms with van der Waals surface area (Å²) in [5.41, 5.74) is 4.70. The van der Waals surface area contributed by atoms with Crippen LogP contribution in [0.4, 0.5) is 0 Å². The van der Waals surface area contributed by atoms with Crippen LogP contribution in [-0.2, 0) is 17.3 Å². The van der Waals surface area contributed by atoms with Gasteiger partial charge >= 0.3 is 0 Å². The summed E-state index contributed by atoms with van der Waals surface area (Å²) in [4.78, 5) is 23.5. The highest BCUT2D eigenvalue weighted by atomic mass is 16.5. The highest BCUT2D eigenvalue weighted by Crippen LogP contribution is 2.36. The molecule has 0 saturated heterocycles. The van der Waals surface area contributed by atoms with Crippen LogP contribution in [0, 0.1) is 0 Å². The molecular weight excluding hydrogens is 364 g/mol. The molecule has 156 valence electrons. The monoisotopic (exact) mass is 396 g/mol. The van der Waals surface area contributed by atoms with Crippen molar-refractivity contribution in [3.63, 3.8) is 0 Å². The number of hydrogen-bond acceptors (Lipinski definition) is 4. The lowest BCUT2D eigenvalue weighted by atomic mass is 9.82. The van der Waals surface area contributed by atoms with Gasteiger partial charge in [0.05, 0.1) is 25.3 Å². The van der Waals surface area contributed by atoms with Gasteiger partial charge in [-0.25, -0.2) is 0 Å². The fraction of sp³-hybridized carbons (Fsp3) is 0.440. The molecule has 0 aliphatic heterocycles. The van der Waals surface area contributed by atoms with E-state index in [1.54, 1.807) is 14.2 Å². The first kappa shape index (κ1) is 22.7. The van der Waals surface area contributed by atoms with Crippen LogP contribution in [0.5, 0.6) is 11.5 Å². The zero-order valence-corrected chi connectivity index (χ0v) is 18.8. The van der Waals surface area contributed by atoms with Gasteiger partial charge in [0.15, 0.2) is 12.6 Å². The molecule has 0 N–H and O–H groups in total. The summed E-state index contributed by atoms with van der Waals surface area (Å²) in [6.45, 7) is 12.7. The van der Waals surface area contributed by atoms with E-state index >= 15 is 0 Å². The molecule has 0 aliphatic rings. The lowest BCUT2D eigenvalue weighted by Gasteiger charge is -2.24. The summed E-state index contributed by atoms with van der Waals surface area (Å²) in [6.07, 6.45) is 2.15. The standard InChI is InChI=1S/C25H32O4/c1-24(2,3)20-10-16(22(28-7)18(12-20)14-26)9-17-11-21(25(4,5)6)13-19(15-27)23(17)29-8/h10-15H,9H2,1-8H3. The Hall–Kier alpha value is -2.62. The van der Waals surface area contributed by atoms with Crippen LogP contribution in [0.1, 0.15) is 84.5 Å². The minimum Gasteiger partial charge on any atom is -0.496 e. The number of hydrogen-bond donors (Lipinski definition) is 0. The molecule has 2 rings (SSSR count). The van der Waals surface area contributed by atoms with E-state index in [2.05, 4.69) is 53.7 Å². The van der Waals surface area contributed by atoms with Gasteiger partial charge in [-0.2, -0.15) is 0 Å². The summed E-state index contributed by atoms with van der Waals surface area (Å²) in [5, 5.41) is 0. The zero-order chi connectivity index (χ0) is 22.0. The lowest BCUT2D eigenvalue weighted by Crippen LogP contribution is -2.15. The minimum atomic E-state index is -0.121. The average molecular weight is 397 g/mol. The van der Waals surface area contributed by atoms with Crippen molar-refractivity contribution < 1.29 is 19.1 Å². The first-order chi connectivity index (χ1) is 13.5. The van der Waals surface area contributed by atoms with E-state index in [1.165, 1.54) is 0 Å². The highest BCUT2D eigenvalue weighted by molar-refractivity contribution is 5.82. The zero-order valence-electron chi connectivity index (χ0n) is 18.8. The molecule has 0 radical (unpaired) electrons. The molecule has 0 spiro atoms. The van der Waals surface area contributed by atoms with Gasteiger partial charge in [0.25, 0.3) is 0 Å². The Morgan fingerprint density at radius 1 is 0.690 bits per heavy atom. The molecule has 0 aliphatic carbocycles. The maximum atomic E-state index is 11.7. The van der Waals surface area contributed by atoms with Gasteiger partial charge in [0.1, 0.15) is 11.5 Å². The maximum Gasteiger partial charge on any atom is 0.153 e. The quantitative estimate of drug-likeness (QED) is 0.604. The molecule has 0 fully saturated rings. The van der Waals surface area contributed by atoms with Gasteiger partial charge in [0, 0.05) is 6.42 Å². The smallest absolute Gasteiger partial charge is 0.153 e. The van der Waals surface area contributed by atoms with Crippen molar-refractivity contribution in [2.45, 2.75) is 58.8 Å². The molecule has 0 unspecified atom stereocenters. The molecule has 0 amide bonds. The van der Waals surface area contributed by atoms with Crippen LogP contribution >= 0.6 is 0 Å². The third-order valence-corrected chi connectivity index (χ3v) is 5.16. The van der Waals surface area contributed by atoms with E-state index in [1.807, 2.05) is 12.1 Å². The SMILES string of the molecule is COc1c(C=O)cc(C(C)(C)C)cc1Cc1cc(C(C)(C)C)cc(C=O)c1OC. The van der Waals surface area contributed by atoms with Crippen molar-refractivity contribution >= 4 is 12.6 Å². The summed E-state index contributed by atoms with van der Waals surface area (Å²) in [7, 11) is 3.14. The van der Waals surface area contributed by atoms with Gasteiger partial charge < -0.3 is 9.47 Å². The Bertz CT molecular complexity index is 836. The molecule has 0 heterocycles. The molecule has 4 heteroatoms. The van der Waals surface area contributed by atoms with E-state index in [-0.39, 0.29) is 10.8 Å². The molecule has 2 aromatic rings. The van der Waals surface area contributed by atoms with Crippen LogP contribution in [0.15, 0.2) is 24.3 Å². The first-order valence-electron chi connectivity index (χ1n) is 9.79. The number of rotatable bonds is 6. The van der Waals surface area contributed by atoms with E-state index in [4.69, 9.17) is 9.47 Å². The number of carbonyl (C=O) groups excluding carboxylic acids is 2. The minimum absolute atomic E-state index is 0.121. The van der Waals surface area contributed by atoms with Crippen LogP contribution in [0.25, 0.3) is 0 Å². The Balaban J connectivity index is 2.75. The Labute approximate surface area is 174 Å². The topological polar surface area (TPSA) is 52.6 Å². The van der Waals surface area contributed by atoms with Crippen LogP contribution < -0.4 is 9.47 Å². The van der Waals surface area contributed by atoms with Crippen molar-refractivity contribution in [3.05, 3.63) is 57.6 Å². The molecular formula is C25H32O4. The van der Waals surface area contributed by atoms with E-state index < -0.39 is 0 Å². The first-order valence-corrected chi connectivity index (χ1v) is 9.79. The lowest BCUT2D eigenvalue weighted by molar-refractivity contribution is 0.111. The second-order valence-electron chi connectivity index (χ2n) is 9.43. The fourth-order valence-corrected chi connectivity index (χ4v) is 3.43. The Morgan fingerprint density at radius 2 is 1.03 bits per heavy atom. The third-order valence-electron chi connectivity index (χ3n) is 5.16. The van der Waals surface area contributed by atoms with E-state index in [0.717, 1.165) is 34.8 Å². The predicted molar refractivity (Wildman–Crippen MR) is 117 cm³/mol. The van der Waals surface area contributed by atoms with Crippen LogP contribution in [-0.4, -0.2) is 26.8 Å². The molecule has 0 saturated carbocycles. The van der Waals surface area contributed by atoms with Crippen LogP contribution in [0.2, 0.25) is 0 Å². The van der Waals surface area contributed by atoms with Gasteiger partial charge in [-0.3, -0.25) is 9.59 Å². The molecule has 2 aromatic carbocycles. The van der Waals surface area contributed by atoms with E-state index in [0.29, 0.717) is 29.0 Å². The van der Waals surface area contributed by atoms with Crippen LogP contribution in [0.3, 0.4) is 0 Å². The van der Waals surface area contributed by atoms with Crippen molar-refractivity contribution in [1.29, 1.82) is 0 Å². The third kappa shape index (κ3) is 4.87. The Morgan fingerprint density at radius 3 is 1.28 bits per heavy atom. The van der Waals surface area contributed by atoms with Gasteiger partial charge in [-0.15, -0.1) is 0 Å². The summed E-state index contributed by atoms with van der Waals surface area (Å²) < 4.78 is 11.2. The molecule has 0 atom stereocenters. The van der Waals surface area contributed by atoms with Crippen molar-refractivity contribution in [3.8, 4) is 11.5 Å². The van der Waals surface area contributed by atoms with E-state index in [9.17, 15) is 9.59 Å². The highest BCUT2D eigenvalue weighted by Gasteiger charge is 2.23. The number of carbonyl (C=O) groups is 2. The summed E-state index contributed by atoms with van der Waals surface area (Å²) in [5.74, 6) is 1.12. The summed E-state index contributed by atoms with van der Waals surface area (Å²) in [6, 6.07) is 7.93. The molecule has 0 aromatic heterocycles. The average Bonchev–Trinajstić information content (AvgIpc) is 2.64. The second kappa shape index (κ2) is 8.40. The molecule has 0 bridgehead atoms. The van der Waals surface area contributed by atoms with Gasteiger partial charge in [-0.1, -0.05) is 53.7 Å². The van der Waals surface area contributed by atoms with Crippen molar-refractivity contribution in [2.24, 2.45) is 0 Å². The Kier molecular flexibility index (Phi) is 6.56. The molecule has 29 heavy (non-hydrogen) atoms. The summed E-state index contributed by atoms with van der Waals surface area (Å²) >= 11 is 0. The maximum absolute atomic E-state index is 11.7. The fourth-order valence-electron chi connectivity index (χ4n) is 3.43. The number of ether oxygens (including phenoxy) is 2. The second-order valence-corrected chi connectivity index (χ2v) is 9.43. The largest absolute Gasteiger partial charge is 0.496 e. The number of benzene rings is 2. The van der Waals surface area contributed by atoms with Gasteiger partial charge in [0.2, 0.25) is 0 Å². The molecule has 4 nitrogen and oxygen atoms in total. The van der Waals surface area contributed by atoms with Crippen molar-refractivity contribution in [2.75, 3.05) is 14.2 Å². The normalized spacial score (nSPS) is 11.9. The van der Waals surface area contributed by atoms with Crippen molar-refractivity contribution in [1.82, 2.24) is 0 Å². The predicted octanol–water partition coefficient (Wildman–Crippen LogP) is 5.51.